The number of benzene rings is 5. The quantitative estimate of drug-likeness (QED) is 0.110. The zero-order chi connectivity index (χ0) is 36.3. The topological polar surface area (TPSA) is 125 Å². The summed E-state index contributed by atoms with van der Waals surface area (Å²) >= 11 is 0. The van der Waals surface area contributed by atoms with Crippen LogP contribution in [0.3, 0.4) is 0 Å². The first-order valence-electron chi connectivity index (χ1n) is 17.5. The molecule has 0 bridgehead atoms. The maximum absolute atomic E-state index is 12.5. The number of carboxylic acids is 1. The third kappa shape index (κ3) is 6.57. The Morgan fingerprint density at radius 3 is 1.70 bits per heavy atom. The van der Waals surface area contributed by atoms with E-state index >= 15 is 0 Å². The molecule has 53 heavy (non-hydrogen) atoms. The summed E-state index contributed by atoms with van der Waals surface area (Å²) in [5.74, 6) is -0.495. The number of aryl methyl sites for hydroxylation is 1. The van der Waals surface area contributed by atoms with Crippen LogP contribution in [0.5, 0.6) is 0 Å². The first-order valence-corrected chi connectivity index (χ1v) is 17.5. The Bertz CT molecular complexity index is 2150. The Labute approximate surface area is 322 Å². The monoisotopic (exact) mass is 696 g/mol. The molecular formula is C43H41LiN6O3. The van der Waals surface area contributed by atoms with Gasteiger partial charge in [-0.05, 0) is 64.1 Å². The fourth-order valence-corrected chi connectivity index (χ4v) is 7.56. The van der Waals surface area contributed by atoms with Gasteiger partial charge in [-0.15, -0.1) is 10.2 Å². The third-order valence-electron chi connectivity index (χ3n) is 9.77. The second kappa shape index (κ2) is 15.3. The normalized spacial score (nSPS) is 13.5. The number of imidazole rings is 1. The molecule has 0 unspecified atom stereocenters. The van der Waals surface area contributed by atoms with Crippen molar-refractivity contribution in [3.63, 3.8) is 0 Å². The number of rotatable bonds is 12. The van der Waals surface area contributed by atoms with E-state index in [1.807, 2.05) is 97.9 Å². The van der Waals surface area contributed by atoms with Crippen LogP contribution in [0.25, 0.3) is 11.1 Å². The van der Waals surface area contributed by atoms with Gasteiger partial charge in [-0.3, -0.25) is 0 Å². The third-order valence-corrected chi connectivity index (χ3v) is 9.77. The molecule has 1 aromatic heterocycles. The van der Waals surface area contributed by atoms with Gasteiger partial charge in [0.15, 0.2) is 5.69 Å². The van der Waals surface area contributed by atoms with Gasteiger partial charge in [-0.1, -0.05) is 146 Å². The Kier molecular flexibility index (Phi) is 10.7. The average molecular weight is 697 g/mol. The first kappa shape index (κ1) is 37.3. The van der Waals surface area contributed by atoms with Crippen LogP contribution in [0.15, 0.2) is 160 Å². The summed E-state index contributed by atoms with van der Waals surface area (Å²) in [6.45, 7) is 5.43. The number of hydrogen-bond acceptors (Lipinski definition) is 7. The molecule has 0 saturated carbocycles. The minimum absolute atomic E-state index is 0. The van der Waals surface area contributed by atoms with Crippen LogP contribution in [0, 0.1) is 0 Å². The van der Waals surface area contributed by atoms with Crippen LogP contribution < -0.4 is 18.9 Å². The predicted octanol–water partition coefficient (Wildman–Crippen LogP) is 6.61. The largest absolute Gasteiger partial charge is 1.00 e. The number of hydrogen-bond donors (Lipinski definition) is 2. The molecule has 0 radical (unpaired) electrons. The van der Waals surface area contributed by atoms with E-state index in [-0.39, 0.29) is 38.2 Å². The summed E-state index contributed by atoms with van der Waals surface area (Å²) in [7, 11) is 0. The van der Waals surface area contributed by atoms with Crippen molar-refractivity contribution in [2.75, 3.05) is 0 Å². The van der Waals surface area contributed by atoms with Crippen molar-refractivity contribution in [2.45, 2.75) is 56.8 Å². The summed E-state index contributed by atoms with van der Waals surface area (Å²) in [4.78, 5) is 17.1. The molecule has 7 rings (SSSR count). The molecule has 262 valence electrons. The maximum Gasteiger partial charge on any atom is 1.00 e. The van der Waals surface area contributed by atoms with Crippen molar-refractivity contribution in [1.29, 1.82) is 0 Å². The van der Waals surface area contributed by atoms with Crippen molar-refractivity contribution >= 4 is 5.97 Å². The van der Waals surface area contributed by atoms with Crippen molar-refractivity contribution in [2.24, 2.45) is 20.7 Å². The van der Waals surface area contributed by atoms with Crippen molar-refractivity contribution in [3.8, 4) is 11.1 Å². The molecule has 1 aliphatic rings. The van der Waals surface area contributed by atoms with Crippen LogP contribution in [-0.2, 0) is 29.6 Å². The maximum atomic E-state index is 12.5. The number of nitrogens with zero attached hydrogens (tertiary/aromatic N) is 6. The van der Waals surface area contributed by atoms with Crippen LogP contribution >= 0.6 is 0 Å². The van der Waals surface area contributed by atoms with Gasteiger partial charge in [-0.2, -0.15) is 0 Å². The van der Waals surface area contributed by atoms with Crippen LogP contribution in [0.4, 0.5) is 0 Å². The number of aromatic nitrogens is 2. The van der Waals surface area contributed by atoms with Gasteiger partial charge in [0.2, 0.25) is 5.66 Å². The molecule has 1 aliphatic heterocycles. The fourth-order valence-electron chi connectivity index (χ4n) is 7.56. The number of aliphatic hydroxyl groups is 1. The summed E-state index contributed by atoms with van der Waals surface area (Å²) in [6, 6.07) is 47.0. The van der Waals surface area contributed by atoms with Crippen molar-refractivity contribution in [3.05, 3.63) is 185 Å². The molecule has 9 nitrogen and oxygen atoms in total. The molecule has 0 saturated heterocycles. The van der Waals surface area contributed by atoms with Gasteiger partial charge in [0.1, 0.15) is 17.1 Å². The summed E-state index contributed by atoms with van der Waals surface area (Å²) in [5, 5.41) is 39.4. The molecule has 0 amide bonds. The molecule has 0 fully saturated rings. The Morgan fingerprint density at radius 1 is 0.736 bits per heavy atom. The molecular weight excluding hydrogens is 655 g/mol. The second-order valence-corrected chi connectivity index (χ2v) is 13.6. The molecule has 10 heteroatoms. The van der Waals surface area contributed by atoms with Crippen LogP contribution in [0.2, 0.25) is 0 Å². The van der Waals surface area contributed by atoms with E-state index < -0.39 is 22.6 Å². The van der Waals surface area contributed by atoms with E-state index in [0.717, 1.165) is 45.4 Å². The van der Waals surface area contributed by atoms with Gasteiger partial charge in [-0.25, -0.2) is 9.78 Å². The zero-order valence-electron chi connectivity index (χ0n) is 31.4. The second-order valence-electron chi connectivity index (χ2n) is 13.6. The van der Waals surface area contributed by atoms with Gasteiger partial charge >= 0.3 is 24.8 Å². The SMILES string of the molecule is CCCc1nc(C(C)(C)O)c(C(=O)O)n1Cc1ccc(-c2ccccc2C2(C(c3ccccc3)(c3ccccc3)c3ccccc3)N=NN=N2)cc1.[H-].[Li+]. The molecule has 2 heterocycles. The van der Waals surface area contributed by atoms with Crippen LogP contribution in [-0.4, -0.2) is 25.7 Å². The Balaban J connectivity index is 0.00000280. The molecule has 0 aliphatic carbocycles. The Hall–Kier alpha value is -5.46. The summed E-state index contributed by atoms with van der Waals surface area (Å²) < 4.78 is 1.71. The molecule has 6 aromatic rings. The number of carbonyl (C=O) groups is 1. The van der Waals surface area contributed by atoms with E-state index in [4.69, 9.17) is 10.2 Å². The Morgan fingerprint density at radius 2 is 1.23 bits per heavy atom. The van der Waals surface area contributed by atoms with E-state index in [1.165, 1.54) is 0 Å². The van der Waals surface area contributed by atoms with Crippen molar-refractivity contribution < 1.29 is 35.3 Å². The summed E-state index contributed by atoms with van der Waals surface area (Å²) in [6.07, 6.45) is 1.36. The summed E-state index contributed by atoms with van der Waals surface area (Å²) in [5.41, 5.74) is 2.96. The van der Waals surface area contributed by atoms with Gasteiger partial charge in [0.25, 0.3) is 0 Å². The number of carboxylic acid groups (broad SMARTS) is 1. The smallest absolute Gasteiger partial charge is 1.00 e. The fraction of sp³-hybridized carbons (Fsp3) is 0.209. The van der Waals surface area contributed by atoms with Crippen molar-refractivity contribution in [1.82, 2.24) is 9.55 Å². The predicted molar refractivity (Wildman–Crippen MR) is 201 cm³/mol. The van der Waals surface area contributed by atoms with E-state index in [9.17, 15) is 15.0 Å². The minimum atomic E-state index is -1.41. The average Bonchev–Trinajstić information content (AvgIpc) is 3.81. The van der Waals surface area contributed by atoms with Gasteiger partial charge in [0.05, 0.1) is 5.41 Å². The first-order chi connectivity index (χ1) is 25.2. The van der Waals surface area contributed by atoms with E-state index in [0.29, 0.717) is 12.2 Å². The van der Waals surface area contributed by atoms with E-state index in [1.54, 1.807) is 18.4 Å². The standard InChI is InChI=1S/C43H40N6O3.Li.H/c1-4-16-37-44-39(41(2,3)52)38(40(50)51)49(37)29-30-25-27-31(28-26-30)35-23-14-15-24-36(35)43(45-47-48-46-43)42(32-17-8-5-9-18-32,33-19-10-6-11-20-33)34-21-12-7-13-22-34;;/h5-15,17-28,52H,4,16,29H2,1-3H3,(H,50,51);;/q;+1;-1. The molecule has 0 atom stereocenters. The zero-order valence-corrected chi connectivity index (χ0v) is 30.4. The van der Waals surface area contributed by atoms with Gasteiger partial charge in [0, 0.05) is 18.5 Å². The van der Waals surface area contributed by atoms with Crippen LogP contribution in [0.1, 0.15) is 78.4 Å². The molecule has 5 aromatic carbocycles. The molecule has 0 spiro atoms. The minimum Gasteiger partial charge on any atom is -1.00 e. The number of aromatic carboxylic acids is 1. The molecule has 2 N–H and O–H groups in total. The van der Waals surface area contributed by atoms with Gasteiger partial charge < -0.3 is 16.2 Å². The van der Waals surface area contributed by atoms with E-state index in [2.05, 4.69) is 64.0 Å².